The minimum Gasteiger partial charge on any atom is -0.492 e. The summed E-state index contributed by atoms with van der Waals surface area (Å²) in [5.41, 5.74) is 7.69. The molecular formula is C21H23FN6O2. The molecule has 0 saturated carbocycles. The van der Waals surface area contributed by atoms with Crippen molar-refractivity contribution in [2.24, 2.45) is 5.73 Å². The molecule has 156 valence electrons. The topological polar surface area (TPSA) is 99.2 Å². The SMILES string of the molecule is NC(COc1ccc(C(=O)N2CCC(c3ccc(F)cc3)C2)cc1)Cn1cnnn1. The highest BCUT2D eigenvalue weighted by Gasteiger charge is 2.28. The van der Waals surface area contributed by atoms with Crippen molar-refractivity contribution in [2.45, 2.75) is 24.9 Å². The van der Waals surface area contributed by atoms with E-state index >= 15 is 0 Å². The van der Waals surface area contributed by atoms with Gasteiger partial charge < -0.3 is 15.4 Å². The molecule has 1 fully saturated rings. The second kappa shape index (κ2) is 9.00. The predicted molar refractivity (Wildman–Crippen MR) is 107 cm³/mol. The number of likely N-dealkylation sites (tertiary alicyclic amines) is 1. The van der Waals surface area contributed by atoms with Gasteiger partial charge in [0, 0.05) is 24.6 Å². The van der Waals surface area contributed by atoms with Crippen LogP contribution in [0.5, 0.6) is 5.75 Å². The van der Waals surface area contributed by atoms with Gasteiger partial charge in [-0.3, -0.25) is 4.79 Å². The molecule has 1 aliphatic rings. The Labute approximate surface area is 173 Å². The number of halogens is 1. The molecule has 4 rings (SSSR count). The smallest absolute Gasteiger partial charge is 0.253 e. The van der Waals surface area contributed by atoms with E-state index in [1.807, 2.05) is 4.90 Å². The van der Waals surface area contributed by atoms with Gasteiger partial charge in [-0.15, -0.1) is 5.10 Å². The first-order valence-corrected chi connectivity index (χ1v) is 9.82. The number of carbonyl (C=O) groups excluding carboxylic acids is 1. The largest absolute Gasteiger partial charge is 0.492 e. The van der Waals surface area contributed by atoms with Crippen LogP contribution in [0.2, 0.25) is 0 Å². The molecule has 0 aliphatic carbocycles. The lowest BCUT2D eigenvalue weighted by Gasteiger charge is -2.17. The normalized spacial score (nSPS) is 17.1. The Kier molecular flexibility index (Phi) is 5.99. The third-order valence-corrected chi connectivity index (χ3v) is 5.20. The van der Waals surface area contributed by atoms with Gasteiger partial charge in [0.1, 0.15) is 24.5 Å². The van der Waals surface area contributed by atoms with Gasteiger partial charge in [0.2, 0.25) is 0 Å². The number of tetrazole rings is 1. The molecule has 2 unspecified atom stereocenters. The number of nitrogens with two attached hydrogens (primary N) is 1. The summed E-state index contributed by atoms with van der Waals surface area (Å²) in [5.74, 6) is 0.619. The van der Waals surface area contributed by atoms with Crippen molar-refractivity contribution in [3.8, 4) is 5.75 Å². The molecule has 0 bridgehead atoms. The second-order valence-electron chi connectivity index (χ2n) is 7.42. The van der Waals surface area contributed by atoms with E-state index in [4.69, 9.17) is 10.5 Å². The van der Waals surface area contributed by atoms with Crippen molar-refractivity contribution >= 4 is 5.91 Å². The zero-order valence-corrected chi connectivity index (χ0v) is 16.4. The number of benzene rings is 2. The minimum absolute atomic E-state index is 0.0125. The monoisotopic (exact) mass is 410 g/mol. The van der Waals surface area contributed by atoms with Crippen LogP contribution in [0, 0.1) is 5.82 Å². The van der Waals surface area contributed by atoms with E-state index < -0.39 is 0 Å². The van der Waals surface area contributed by atoms with Crippen LogP contribution in [0.25, 0.3) is 0 Å². The van der Waals surface area contributed by atoms with Crippen LogP contribution in [-0.4, -0.2) is 56.8 Å². The Balaban J connectivity index is 1.29. The molecule has 1 aliphatic heterocycles. The van der Waals surface area contributed by atoms with E-state index in [1.165, 1.54) is 18.5 Å². The molecule has 2 atom stereocenters. The highest BCUT2D eigenvalue weighted by Crippen LogP contribution is 2.28. The maximum absolute atomic E-state index is 13.1. The zero-order chi connectivity index (χ0) is 20.9. The van der Waals surface area contributed by atoms with Gasteiger partial charge in [0.25, 0.3) is 5.91 Å². The number of carbonyl (C=O) groups is 1. The van der Waals surface area contributed by atoms with Crippen LogP contribution in [0.4, 0.5) is 4.39 Å². The first kappa shape index (κ1) is 20.0. The third kappa shape index (κ3) is 4.80. The maximum Gasteiger partial charge on any atom is 0.253 e. The fraction of sp³-hybridized carbons (Fsp3) is 0.333. The van der Waals surface area contributed by atoms with Crippen molar-refractivity contribution in [3.63, 3.8) is 0 Å². The van der Waals surface area contributed by atoms with Crippen LogP contribution in [0.15, 0.2) is 54.9 Å². The van der Waals surface area contributed by atoms with Crippen molar-refractivity contribution in [1.29, 1.82) is 0 Å². The summed E-state index contributed by atoms with van der Waals surface area (Å²) in [7, 11) is 0. The molecule has 0 radical (unpaired) electrons. The zero-order valence-electron chi connectivity index (χ0n) is 16.4. The Morgan fingerprint density at radius 1 is 1.20 bits per heavy atom. The van der Waals surface area contributed by atoms with Crippen molar-refractivity contribution in [1.82, 2.24) is 25.1 Å². The maximum atomic E-state index is 13.1. The summed E-state index contributed by atoms with van der Waals surface area (Å²) in [5, 5.41) is 10.9. The number of amides is 1. The number of ether oxygens (including phenoxy) is 1. The van der Waals surface area contributed by atoms with Crippen LogP contribution >= 0.6 is 0 Å². The molecule has 8 nitrogen and oxygen atoms in total. The van der Waals surface area contributed by atoms with Crippen molar-refractivity contribution < 1.29 is 13.9 Å². The van der Waals surface area contributed by atoms with Gasteiger partial charge in [-0.05, 0) is 58.8 Å². The molecule has 30 heavy (non-hydrogen) atoms. The van der Waals surface area contributed by atoms with Crippen LogP contribution in [0.3, 0.4) is 0 Å². The molecule has 2 heterocycles. The van der Waals surface area contributed by atoms with E-state index in [0.29, 0.717) is 37.6 Å². The Morgan fingerprint density at radius 3 is 2.67 bits per heavy atom. The number of hydrogen-bond donors (Lipinski definition) is 1. The highest BCUT2D eigenvalue weighted by atomic mass is 19.1. The van der Waals surface area contributed by atoms with Crippen LogP contribution < -0.4 is 10.5 Å². The summed E-state index contributed by atoms with van der Waals surface area (Å²) < 4.78 is 20.4. The van der Waals surface area contributed by atoms with E-state index in [-0.39, 0.29) is 23.7 Å². The van der Waals surface area contributed by atoms with Crippen molar-refractivity contribution in [3.05, 3.63) is 71.8 Å². The van der Waals surface area contributed by atoms with E-state index in [0.717, 1.165) is 12.0 Å². The average Bonchev–Trinajstić information content (AvgIpc) is 3.45. The lowest BCUT2D eigenvalue weighted by Crippen LogP contribution is -2.32. The van der Waals surface area contributed by atoms with Gasteiger partial charge >= 0.3 is 0 Å². The van der Waals surface area contributed by atoms with Gasteiger partial charge in [0.05, 0.1) is 12.6 Å². The van der Waals surface area contributed by atoms with E-state index in [9.17, 15) is 9.18 Å². The lowest BCUT2D eigenvalue weighted by atomic mass is 9.99. The summed E-state index contributed by atoms with van der Waals surface area (Å²) in [6.07, 6.45) is 2.37. The standard InChI is InChI=1S/C21H23FN6O2/c22-18-5-1-15(2-6-18)17-9-10-27(11-17)21(29)16-3-7-20(8-4-16)30-13-19(23)12-28-14-24-25-26-28/h1-8,14,17,19H,9-13,23H2. The molecule has 1 saturated heterocycles. The lowest BCUT2D eigenvalue weighted by molar-refractivity contribution is 0.0790. The molecule has 0 spiro atoms. The first-order valence-electron chi connectivity index (χ1n) is 9.82. The highest BCUT2D eigenvalue weighted by molar-refractivity contribution is 5.94. The molecule has 2 aromatic carbocycles. The Bertz CT molecular complexity index is 962. The second-order valence-corrected chi connectivity index (χ2v) is 7.42. The fourth-order valence-corrected chi connectivity index (χ4v) is 3.59. The van der Waals surface area contributed by atoms with E-state index in [2.05, 4.69) is 15.5 Å². The van der Waals surface area contributed by atoms with Crippen LogP contribution in [0.1, 0.15) is 28.3 Å². The average molecular weight is 410 g/mol. The quantitative estimate of drug-likeness (QED) is 0.638. The summed E-state index contributed by atoms with van der Waals surface area (Å²) >= 11 is 0. The fourth-order valence-electron chi connectivity index (χ4n) is 3.59. The van der Waals surface area contributed by atoms with E-state index in [1.54, 1.807) is 41.1 Å². The Hall–Kier alpha value is -3.33. The molecule has 3 aromatic rings. The van der Waals surface area contributed by atoms with Gasteiger partial charge in [-0.1, -0.05) is 12.1 Å². The summed E-state index contributed by atoms with van der Waals surface area (Å²) in [4.78, 5) is 14.7. The molecule has 1 aromatic heterocycles. The third-order valence-electron chi connectivity index (χ3n) is 5.20. The van der Waals surface area contributed by atoms with Crippen molar-refractivity contribution in [2.75, 3.05) is 19.7 Å². The number of hydrogen-bond acceptors (Lipinski definition) is 6. The molecular weight excluding hydrogens is 387 g/mol. The summed E-state index contributed by atoms with van der Waals surface area (Å²) in [6.45, 7) is 2.08. The van der Waals surface area contributed by atoms with Crippen LogP contribution in [-0.2, 0) is 6.54 Å². The number of nitrogens with zero attached hydrogens (tertiary/aromatic N) is 5. The number of aromatic nitrogens is 4. The Morgan fingerprint density at radius 2 is 1.97 bits per heavy atom. The van der Waals surface area contributed by atoms with Gasteiger partial charge in [0.15, 0.2) is 0 Å². The molecule has 2 N–H and O–H groups in total. The van der Waals surface area contributed by atoms with Gasteiger partial charge in [-0.2, -0.15) is 0 Å². The molecule has 9 heteroatoms. The molecule has 1 amide bonds. The first-order chi connectivity index (χ1) is 14.6. The van der Waals surface area contributed by atoms with Gasteiger partial charge in [-0.25, -0.2) is 9.07 Å². The number of rotatable bonds is 7. The minimum atomic E-state index is -0.261. The predicted octanol–water partition coefficient (Wildman–Crippen LogP) is 1.85. The summed E-state index contributed by atoms with van der Waals surface area (Å²) in [6, 6.07) is 13.3.